The molecule has 21 heavy (non-hydrogen) atoms. The lowest BCUT2D eigenvalue weighted by Crippen LogP contribution is -2.26. The summed E-state index contributed by atoms with van der Waals surface area (Å²) in [4.78, 5) is 0. The van der Waals surface area contributed by atoms with Gasteiger partial charge in [-0.2, -0.15) is 0 Å². The SMILES string of the molecule is CC(C)C1CCC(NCc2cc(N)cc(C(C)(C)C)c2)C1. The summed E-state index contributed by atoms with van der Waals surface area (Å²) in [6.07, 6.45) is 4.02. The van der Waals surface area contributed by atoms with Gasteiger partial charge in [-0.15, -0.1) is 0 Å². The second-order valence-electron chi connectivity index (χ2n) is 8.11. The molecular formula is C19H32N2. The molecule has 118 valence electrons. The van der Waals surface area contributed by atoms with Crippen molar-refractivity contribution < 1.29 is 0 Å². The monoisotopic (exact) mass is 288 g/mol. The lowest BCUT2D eigenvalue weighted by molar-refractivity contribution is 0.381. The third kappa shape index (κ3) is 4.47. The van der Waals surface area contributed by atoms with E-state index in [1.54, 1.807) is 0 Å². The maximum atomic E-state index is 6.07. The van der Waals surface area contributed by atoms with E-state index >= 15 is 0 Å². The molecule has 0 radical (unpaired) electrons. The predicted octanol–water partition coefficient (Wildman–Crippen LogP) is 4.48. The molecule has 1 saturated carbocycles. The van der Waals surface area contributed by atoms with Crippen molar-refractivity contribution in [2.24, 2.45) is 11.8 Å². The Labute approximate surface area is 130 Å². The lowest BCUT2D eigenvalue weighted by Gasteiger charge is -2.21. The molecule has 0 heterocycles. The van der Waals surface area contributed by atoms with Crippen molar-refractivity contribution in [3.8, 4) is 0 Å². The highest BCUT2D eigenvalue weighted by Crippen LogP contribution is 2.31. The Morgan fingerprint density at radius 3 is 2.48 bits per heavy atom. The Hall–Kier alpha value is -1.02. The molecule has 0 aliphatic heterocycles. The second-order valence-corrected chi connectivity index (χ2v) is 8.11. The molecule has 1 aromatic carbocycles. The van der Waals surface area contributed by atoms with Crippen molar-refractivity contribution in [2.75, 3.05) is 5.73 Å². The van der Waals surface area contributed by atoms with Crippen molar-refractivity contribution in [3.63, 3.8) is 0 Å². The molecule has 1 aliphatic carbocycles. The van der Waals surface area contributed by atoms with Gasteiger partial charge in [0.15, 0.2) is 0 Å². The van der Waals surface area contributed by atoms with Crippen LogP contribution in [0.2, 0.25) is 0 Å². The highest BCUT2D eigenvalue weighted by molar-refractivity contribution is 5.46. The fraction of sp³-hybridized carbons (Fsp3) is 0.684. The number of nitrogen functional groups attached to an aromatic ring is 1. The smallest absolute Gasteiger partial charge is 0.0320 e. The van der Waals surface area contributed by atoms with E-state index in [0.29, 0.717) is 6.04 Å². The minimum absolute atomic E-state index is 0.153. The third-order valence-electron chi connectivity index (χ3n) is 4.89. The molecule has 2 heteroatoms. The molecule has 0 aromatic heterocycles. The summed E-state index contributed by atoms with van der Waals surface area (Å²) in [5.41, 5.74) is 9.74. The summed E-state index contributed by atoms with van der Waals surface area (Å²) in [6, 6.07) is 7.19. The summed E-state index contributed by atoms with van der Waals surface area (Å²) in [5, 5.41) is 3.73. The minimum Gasteiger partial charge on any atom is -0.399 e. The van der Waals surface area contributed by atoms with Gasteiger partial charge in [-0.3, -0.25) is 0 Å². The van der Waals surface area contributed by atoms with E-state index in [1.165, 1.54) is 30.4 Å². The first-order chi connectivity index (χ1) is 9.75. The maximum absolute atomic E-state index is 6.07. The number of anilines is 1. The number of benzene rings is 1. The molecule has 1 fully saturated rings. The molecular weight excluding hydrogens is 256 g/mol. The number of rotatable bonds is 4. The molecule has 2 rings (SSSR count). The van der Waals surface area contributed by atoms with Crippen LogP contribution in [0.5, 0.6) is 0 Å². The fourth-order valence-electron chi connectivity index (χ4n) is 3.32. The zero-order chi connectivity index (χ0) is 15.6. The molecule has 0 spiro atoms. The van der Waals surface area contributed by atoms with Gasteiger partial charge in [0.25, 0.3) is 0 Å². The molecule has 0 amide bonds. The first kappa shape index (κ1) is 16.4. The molecule has 0 bridgehead atoms. The third-order valence-corrected chi connectivity index (χ3v) is 4.89. The van der Waals surface area contributed by atoms with E-state index in [2.05, 4.69) is 58.1 Å². The Kier molecular flexibility index (Phi) is 4.98. The summed E-state index contributed by atoms with van der Waals surface area (Å²) in [7, 11) is 0. The second kappa shape index (κ2) is 6.39. The van der Waals surface area contributed by atoms with Crippen LogP contribution in [0.1, 0.15) is 65.0 Å². The Bertz CT molecular complexity index is 471. The van der Waals surface area contributed by atoms with E-state index in [1.807, 2.05) is 0 Å². The van der Waals surface area contributed by atoms with Crippen molar-refractivity contribution in [1.82, 2.24) is 5.32 Å². The topological polar surface area (TPSA) is 38.0 Å². The number of hydrogen-bond acceptors (Lipinski definition) is 2. The van der Waals surface area contributed by atoms with Gasteiger partial charge in [0.2, 0.25) is 0 Å². The van der Waals surface area contributed by atoms with Crippen LogP contribution in [0, 0.1) is 11.8 Å². The first-order valence-electron chi connectivity index (χ1n) is 8.39. The zero-order valence-electron chi connectivity index (χ0n) is 14.4. The van der Waals surface area contributed by atoms with Crippen molar-refractivity contribution in [3.05, 3.63) is 29.3 Å². The van der Waals surface area contributed by atoms with Gasteiger partial charge >= 0.3 is 0 Å². The van der Waals surface area contributed by atoms with E-state index < -0.39 is 0 Å². The highest BCUT2D eigenvalue weighted by Gasteiger charge is 2.26. The van der Waals surface area contributed by atoms with Gasteiger partial charge in [-0.05, 0) is 59.8 Å². The van der Waals surface area contributed by atoms with Crippen LogP contribution in [-0.4, -0.2) is 6.04 Å². The molecule has 1 aliphatic rings. The van der Waals surface area contributed by atoms with Crippen LogP contribution in [0.25, 0.3) is 0 Å². The normalized spacial score (nSPS) is 23.0. The van der Waals surface area contributed by atoms with Gasteiger partial charge in [0, 0.05) is 18.3 Å². The van der Waals surface area contributed by atoms with E-state index in [-0.39, 0.29) is 5.41 Å². The zero-order valence-corrected chi connectivity index (χ0v) is 14.4. The number of nitrogens with two attached hydrogens (primary N) is 1. The average Bonchev–Trinajstić information content (AvgIpc) is 2.83. The van der Waals surface area contributed by atoms with E-state index in [9.17, 15) is 0 Å². The van der Waals surface area contributed by atoms with Crippen LogP contribution in [0.3, 0.4) is 0 Å². The molecule has 2 unspecified atom stereocenters. The molecule has 3 N–H and O–H groups in total. The standard InChI is InChI=1S/C19H32N2/c1-13(2)15-6-7-18(10-15)21-12-14-8-16(19(3,4)5)11-17(20)9-14/h8-9,11,13,15,18,21H,6-7,10,12,20H2,1-5H3. The van der Waals surface area contributed by atoms with Crippen molar-refractivity contribution in [1.29, 1.82) is 0 Å². The van der Waals surface area contributed by atoms with Gasteiger partial charge in [-0.25, -0.2) is 0 Å². The van der Waals surface area contributed by atoms with Crippen LogP contribution in [0.4, 0.5) is 5.69 Å². The highest BCUT2D eigenvalue weighted by atomic mass is 14.9. The van der Waals surface area contributed by atoms with Gasteiger partial charge in [-0.1, -0.05) is 40.7 Å². The molecule has 0 saturated heterocycles. The quantitative estimate of drug-likeness (QED) is 0.802. The Balaban J connectivity index is 1.96. The first-order valence-corrected chi connectivity index (χ1v) is 8.39. The largest absolute Gasteiger partial charge is 0.399 e. The molecule has 2 nitrogen and oxygen atoms in total. The average molecular weight is 288 g/mol. The van der Waals surface area contributed by atoms with Gasteiger partial charge < -0.3 is 11.1 Å². The predicted molar refractivity (Wildman–Crippen MR) is 92.4 cm³/mol. The number of nitrogens with one attached hydrogen (secondary N) is 1. The number of hydrogen-bond donors (Lipinski definition) is 2. The van der Waals surface area contributed by atoms with Gasteiger partial charge in [0.1, 0.15) is 0 Å². The lowest BCUT2D eigenvalue weighted by atomic mass is 9.86. The Morgan fingerprint density at radius 2 is 1.90 bits per heavy atom. The molecule has 1 aromatic rings. The van der Waals surface area contributed by atoms with Crippen molar-refractivity contribution >= 4 is 5.69 Å². The van der Waals surface area contributed by atoms with Gasteiger partial charge in [0.05, 0.1) is 0 Å². The van der Waals surface area contributed by atoms with Crippen LogP contribution >= 0.6 is 0 Å². The van der Waals surface area contributed by atoms with Crippen LogP contribution in [0.15, 0.2) is 18.2 Å². The fourth-order valence-corrected chi connectivity index (χ4v) is 3.32. The van der Waals surface area contributed by atoms with E-state index in [4.69, 9.17) is 5.73 Å². The van der Waals surface area contributed by atoms with Crippen LogP contribution in [-0.2, 0) is 12.0 Å². The Morgan fingerprint density at radius 1 is 1.19 bits per heavy atom. The van der Waals surface area contributed by atoms with Crippen molar-refractivity contribution in [2.45, 2.75) is 71.9 Å². The molecule has 2 atom stereocenters. The maximum Gasteiger partial charge on any atom is 0.0320 e. The minimum atomic E-state index is 0.153. The summed E-state index contributed by atoms with van der Waals surface area (Å²) < 4.78 is 0. The summed E-state index contributed by atoms with van der Waals surface area (Å²) in [6.45, 7) is 12.3. The van der Waals surface area contributed by atoms with Crippen LogP contribution < -0.4 is 11.1 Å². The summed E-state index contributed by atoms with van der Waals surface area (Å²) in [5.74, 6) is 1.71. The summed E-state index contributed by atoms with van der Waals surface area (Å²) >= 11 is 0. The van der Waals surface area contributed by atoms with E-state index in [0.717, 1.165) is 24.1 Å².